The molecule has 0 aliphatic carbocycles. The Morgan fingerprint density at radius 1 is 1.21 bits per heavy atom. The summed E-state index contributed by atoms with van der Waals surface area (Å²) >= 11 is 4.33. The van der Waals surface area contributed by atoms with Crippen molar-refractivity contribution >= 4 is 56.2 Å². The van der Waals surface area contributed by atoms with E-state index in [1.54, 1.807) is 18.2 Å². The summed E-state index contributed by atoms with van der Waals surface area (Å²) < 4.78 is 0.393. The van der Waals surface area contributed by atoms with Gasteiger partial charge in [0.15, 0.2) is 5.17 Å². The van der Waals surface area contributed by atoms with Gasteiger partial charge in [0.05, 0.1) is 20.0 Å². The van der Waals surface area contributed by atoms with E-state index in [0.717, 1.165) is 5.69 Å². The van der Waals surface area contributed by atoms with Gasteiger partial charge in [-0.25, -0.2) is 4.99 Å². The molecule has 8 heteroatoms. The number of rotatable bonds is 3. The highest BCUT2D eigenvalue weighted by Crippen LogP contribution is 2.31. The Kier molecular flexibility index (Phi) is 4.77. The Hall–Kier alpha value is -2.45. The minimum Gasteiger partial charge on any atom is -0.300 e. The van der Waals surface area contributed by atoms with E-state index in [2.05, 4.69) is 26.2 Å². The van der Waals surface area contributed by atoms with Crippen molar-refractivity contribution < 1.29 is 9.72 Å². The second-order valence-corrected chi connectivity index (χ2v) is 6.67. The van der Waals surface area contributed by atoms with Crippen molar-refractivity contribution in [2.24, 2.45) is 4.99 Å². The zero-order valence-corrected chi connectivity index (χ0v) is 14.5. The predicted molar refractivity (Wildman–Crippen MR) is 98.0 cm³/mol. The maximum absolute atomic E-state index is 12.0. The molecular formula is C16H10BrN3O3S. The Balaban J connectivity index is 1.87. The predicted octanol–water partition coefficient (Wildman–Crippen LogP) is 4.25. The molecule has 0 saturated carbocycles. The van der Waals surface area contributed by atoms with Crippen LogP contribution in [0.5, 0.6) is 0 Å². The lowest BCUT2D eigenvalue weighted by atomic mass is 10.2. The number of amidine groups is 1. The molecule has 1 N–H and O–H groups in total. The summed E-state index contributed by atoms with van der Waals surface area (Å²) in [7, 11) is 0. The van der Waals surface area contributed by atoms with E-state index in [-0.39, 0.29) is 11.6 Å². The molecule has 1 amide bonds. The van der Waals surface area contributed by atoms with Crippen LogP contribution in [0.15, 0.2) is 62.9 Å². The van der Waals surface area contributed by atoms with E-state index in [9.17, 15) is 14.9 Å². The maximum Gasteiger partial charge on any atom is 0.284 e. The van der Waals surface area contributed by atoms with Gasteiger partial charge < -0.3 is 5.32 Å². The van der Waals surface area contributed by atoms with Crippen LogP contribution in [0.3, 0.4) is 0 Å². The molecule has 0 spiro atoms. The van der Waals surface area contributed by atoms with Crippen LogP contribution in [-0.2, 0) is 4.79 Å². The van der Waals surface area contributed by atoms with Crippen molar-refractivity contribution in [2.75, 3.05) is 0 Å². The van der Waals surface area contributed by atoms with E-state index in [4.69, 9.17) is 0 Å². The number of benzene rings is 2. The number of nitro benzene ring substituents is 1. The first-order valence-corrected chi connectivity index (χ1v) is 8.42. The number of para-hydroxylation sites is 1. The Labute approximate surface area is 150 Å². The topological polar surface area (TPSA) is 84.6 Å². The van der Waals surface area contributed by atoms with Crippen LogP contribution >= 0.6 is 27.7 Å². The molecule has 2 aromatic rings. The average Bonchev–Trinajstić information content (AvgIpc) is 2.89. The molecule has 0 bridgehead atoms. The van der Waals surface area contributed by atoms with Crippen molar-refractivity contribution in [3.63, 3.8) is 0 Å². The van der Waals surface area contributed by atoms with Gasteiger partial charge in [-0.05, 0) is 57.5 Å². The van der Waals surface area contributed by atoms with Crippen molar-refractivity contribution in [3.8, 4) is 0 Å². The monoisotopic (exact) mass is 403 g/mol. The van der Waals surface area contributed by atoms with E-state index < -0.39 is 4.92 Å². The minimum absolute atomic E-state index is 0.0501. The first kappa shape index (κ1) is 16.4. The van der Waals surface area contributed by atoms with Crippen molar-refractivity contribution in [3.05, 3.63) is 73.6 Å². The van der Waals surface area contributed by atoms with Crippen LogP contribution in [0.25, 0.3) is 6.08 Å². The summed E-state index contributed by atoms with van der Waals surface area (Å²) in [6.07, 6.45) is 1.60. The third-order valence-corrected chi connectivity index (χ3v) is 4.68. The molecule has 1 fully saturated rings. The Bertz CT molecular complexity index is 881. The molecule has 0 aromatic heterocycles. The summed E-state index contributed by atoms with van der Waals surface area (Å²) in [4.78, 5) is 27.3. The average molecular weight is 404 g/mol. The molecule has 120 valence electrons. The Morgan fingerprint density at radius 2 is 1.96 bits per heavy atom. The zero-order chi connectivity index (χ0) is 17.1. The summed E-state index contributed by atoms with van der Waals surface area (Å²) in [6, 6.07) is 14.0. The highest BCUT2D eigenvalue weighted by molar-refractivity contribution is 9.10. The normalized spacial score (nSPS) is 17.3. The highest BCUT2D eigenvalue weighted by atomic mass is 79.9. The Morgan fingerprint density at radius 3 is 2.67 bits per heavy atom. The molecular weight excluding hydrogens is 394 g/mol. The molecule has 3 rings (SSSR count). The SMILES string of the molecule is O=C1NC(=Nc2ccccc2)S/C1=C/c1ccc(Br)c([N+](=O)[O-])c1. The van der Waals surface area contributed by atoms with E-state index >= 15 is 0 Å². The molecule has 2 aromatic carbocycles. The van der Waals surface area contributed by atoms with Crippen LogP contribution in [0.4, 0.5) is 11.4 Å². The quantitative estimate of drug-likeness (QED) is 0.471. The lowest BCUT2D eigenvalue weighted by Crippen LogP contribution is -2.19. The fourth-order valence-corrected chi connectivity index (χ4v) is 3.24. The number of hydrogen-bond acceptors (Lipinski definition) is 5. The second-order valence-electron chi connectivity index (χ2n) is 4.79. The molecule has 1 aliphatic heterocycles. The number of carbonyl (C=O) groups is 1. The number of nitro groups is 1. The van der Waals surface area contributed by atoms with Gasteiger partial charge in [-0.1, -0.05) is 24.3 Å². The number of halogens is 1. The largest absolute Gasteiger partial charge is 0.300 e. The molecule has 0 radical (unpaired) electrons. The number of nitrogens with one attached hydrogen (secondary N) is 1. The lowest BCUT2D eigenvalue weighted by molar-refractivity contribution is -0.385. The van der Waals surface area contributed by atoms with Gasteiger partial charge in [-0.3, -0.25) is 14.9 Å². The molecule has 6 nitrogen and oxygen atoms in total. The fraction of sp³-hybridized carbons (Fsp3) is 0. The van der Waals surface area contributed by atoms with E-state index in [0.29, 0.717) is 20.1 Å². The van der Waals surface area contributed by atoms with Crippen LogP contribution in [0, 0.1) is 10.1 Å². The third kappa shape index (κ3) is 3.72. The van der Waals surface area contributed by atoms with Crippen molar-refractivity contribution in [1.29, 1.82) is 0 Å². The van der Waals surface area contributed by atoms with Crippen LogP contribution < -0.4 is 5.32 Å². The van der Waals surface area contributed by atoms with Gasteiger partial charge in [0.2, 0.25) is 0 Å². The second kappa shape index (κ2) is 6.98. The first-order valence-electron chi connectivity index (χ1n) is 6.81. The van der Waals surface area contributed by atoms with Gasteiger partial charge in [0, 0.05) is 6.07 Å². The molecule has 1 aliphatic rings. The van der Waals surface area contributed by atoms with Gasteiger partial charge in [0.1, 0.15) is 0 Å². The first-order chi connectivity index (χ1) is 11.5. The molecule has 0 unspecified atom stereocenters. The smallest absolute Gasteiger partial charge is 0.284 e. The number of thioether (sulfide) groups is 1. The summed E-state index contributed by atoms with van der Waals surface area (Å²) in [5, 5.41) is 14.1. The zero-order valence-electron chi connectivity index (χ0n) is 12.1. The van der Waals surface area contributed by atoms with Crippen LogP contribution in [-0.4, -0.2) is 16.0 Å². The highest BCUT2D eigenvalue weighted by Gasteiger charge is 2.24. The number of carbonyl (C=O) groups excluding carboxylic acids is 1. The molecule has 0 atom stereocenters. The van der Waals surface area contributed by atoms with Crippen LogP contribution in [0.2, 0.25) is 0 Å². The van der Waals surface area contributed by atoms with Gasteiger partial charge >= 0.3 is 0 Å². The summed E-state index contributed by atoms with van der Waals surface area (Å²) in [5.41, 5.74) is 1.26. The number of amides is 1. The van der Waals surface area contributed by atoms with E-state index in [1.807, 2.05) is 30.3 Å². The third-order valence-electron chi connectivity index (χ3n) is 3.10. The van der Waals surface area contributed by atoms with Crippen molar-refractivity contribution in [1.82, 2.24) is 5.32 Å². The van der Waals surface area contributed by atoms with Crippen LogP contribution in [0.1, 0.15) is 5.56 Å². The minimum atomic E-state index is -0.476. The fourth-order valence-electron chi connectivity index (χ4n) is 2.01. The number of hydrogen-bond donors (Lipinski definition) is 1. The van der Waals surface area contributed by atoms with Crippen molar-refractivity contribution in [2.45, 2.75) is 0 Å². The standard InChI is InChI=1S/C16H10BrN3O3S/c17-12-7-6-10(8-13(12)20(22)23)9-14-15(21)19-16(24-14)18-11-4-2-1-3-5-11/h1-9H,(H,18,19,21)/b14-9+. The lowest BCUT2D eigenvalue weighted by Gasteiger charge is -1.98. The van der Waals surface area contributed by atoms with Gasteiger partial charge in [-0.2, -0.15) is 0 Å². The number of aliphatic imine (C=N–C) groups is 1. The molecule has 24 heavy (non-hydrogen) atoms. The summed E-state index contributed by atoms with van der Waals surface area (Å²) in [6.45, 7) is 0. The van der Waals surface area contributed by atoms with Gasteiger partial charge in [0.25, 0.3) is 11.6 Å². The summed E-state index contributed by atoms with van der Waals surface area (Å²) in [5.74, 6) is -0.278. The van der Waals surface area contributed by atoms with E-state index in [1.165, 1.54) is 17.8 Å². The maximum atomic E-state index is 12.0. The number of nitrogens with zero attached hydrogens (tertiary/aromatic N) is 2. The molecule has 1 saturated heterocycles. The van der Waals surface area contributed by atoms with Gasteiger partial charge in [-0.15, -0.1) is 0 Å². The molecule has 1 heterocycles.